The first-order valence-electron chi connectivity index (χ1n) is 5.31. The smallest absolute Gasteiger partial charge is 0.235 e. The summed E-state index contributed by atoms with van der Waals surface area (Å²) in [5, 5.41) is 8.60. The van der Waals surface area contributed by atoms with Gasteiger partial charge in [0.25, 0.3) is 0 Å². The van der Waals surface area contributed by atoms with Crippen LogP contribution in [0.2, 0.25) is 0 Å². The van der Waals surface area contributed by atoms with E-state index in [0.29, 0.717) is 5.75 Å². The first-order chi connectivity index (χ1) is 8.04. The van der Waals surface area contributed by atoms with E-state index in [1.807, 2.05) is 31.2 Å². The third kappa shape index (κ3) is 4.69. The molecule has 0 aliphatic rings. The van der Waals surface area contributed by atoms with Gasteiger partial charge in [-0.15, -0.1) is 11.8 Å². The summed E-state index contributed by atoms with van der Waals surface area (Å²) < 4.78 is 0.928. The van der Waals surface area contributed by atoms with E-state index in [9.17, 15) is 4.79 Å². The fourth-order valence-corrected chi connectivity index (χ4v) is 2.87. The Hall–Kier alpha value is -0.520. The average molecular weight is 318 g/mol. The number of hydrogen-bond donors (Lipinski definition) is 2. The van der Waals surface area contributed by atoms with E-state index in [1.165, 1.54) is 11.8 Å². The number of aliphatic hydroxyl groups is 1. The molecule has 0 aromatic heterocycles. The summed E-state index contributed by atoms with van der Waals surface area (Å²) in [5.74, 6) is 0.517. The molecule has 1 aromatic carbocycles. The molecular formula is C12H16BrNO2S. The van der Waals surface area contributed by atoms with Crippen molar-refractivity contribution in [1.82, 2.24) is 0 Å². The maximum Gasteiger partial charge on any atom is 0.235 e. The molecule has 0 aliphatic carbocycles. The van der Waals surface area contributed by atoms with E-state index in [0.717, 1.165) is 10.0 Å². The molecule has 0 heterocycles. The van der Waals surface area contributed by atoms with Crippen LogP contribution >= 0.6 is 27.7 Å². The molecule has 17 heavy (non-hydrogen) atoms. The van der Waals surface area contributed by atoms with Crippen molar-refractivity contribution in [3.63, 3.8) is 0 Å². The third-order valence-electron chi connectivity index (χ3n) is 2.27. The van der Waals surface area contributed by atoms with Gasteiger partial charge in [0, 0.05) is 11.1 Å². The molecule has 0 radical (unpaired) electrons. The van der Waals surface area contributed by atoms with Gasteiger partial charge >= 0.3 is 0 Å². The molecule has 3 N–H and O–H groups in total. The lowest BCUT2D eigenvalue weighted by molar-refractivity contribution is -0.117. The quantitative estimate of drug-likeness (QED) is 0.846. The van der Waals surface area contributed by atoms with Gasteiger partial charge in [0.05, 0.1) is 0 Å². The van der Waals surface area contributed by atoms with Crippen LogP contribution in [0.15, 0.2) is 28.7 Å². The standard InChI is InChI=1S/C12H16BrNO2S/c1-8(6-15)7-17-11(12(14)16)9-3-2-4-10(13)5-9/h2-5,8,11,15H,6-7H2,1H3,(H2,14,16)/t8-,11+/m1/s1. The highest BCUT2D eigenvalue weighted by atomic mass is 79.9. The number of thioether (sulfide) groups is 1. The Morgan fingerprint density at radius 3 is 2.82 bits per heavy atom. The average Bonchev–Trinajstić information content (AvgIpc) is 2.28. The molecule has 0 spiro atoms. The Morgan fingerprint density at radius 1 is 1.59 bits per heavy atom. The number of carbonyl (C=O) groups excluding carboxylic acids is 1. The van der Waals surface area contributed by atoms with Gasteiger partial charge in [-0.3, -0.25) is 4.79 Å². The summed E-state index contributed by atoms with van der Waals surface area (Å²) in [5.41, 5.74) is 6.30. The Kier molecular flexibility index (Phi) is 6.02. The van der Waals surface area contributed by atoms with Crippen molar-refractivity contribution in [2.75, 3.05) is 12.4 Å². The van der Waals surface area contributed by atoms with Crippen molar-refractivity contribution < 1.29 is 9.90 Å². The maximum atomic E-state index is 11.4. The van der Waals surface area contributed by atoms with Crippen LogP contribution in [0.25, 0.3) is 0 Å². The molecule has 2 atom stereocenters. The predicted molar refractivity (Wildman–Crippen MR) is 74.8 cm³/mol. The van der Waals surface area contributed by atoms with Gasteiger partial charge in [0.15, 0.2) is 0 Å². The molecular weight excluding hydrogens is 302 g/mol. The Morgan fingerprint density at radius 2 is 2.29 bits per heavy atom. The van der Waals surface area contributed by atoms with Crippen molar-refractivity contribution in [2.45, 2.75) is 12.2 Å². The van der Waals surface area contributed by atoms with E-state index in [2.05, 4.69) is 15.9 Å². The van der Waals surface area contributed by atoms with E-state index in [-0.39, 0.29) is 23.7 Å². The zero-order valence-corrected chi connectivity index (χ0v) is 12.0. The molecule has 0 unspecified atom stereocenters. The molecule has 3 nitrogen and oxygen atoms in total. The van der Waals surface area contributed by atoms with Gasteiger partial charge in [-0.1, -0.05) is 35.0 Å². The second-order valence-corrected chi connectivity index (χ2v) is 6.01. The van der Waals surface area contributed by atoms with Gasteiger partial charge in [-0.2, -0.15) is 0 Å². The zero-order valence-electron chi connectivity index (χ0n) is 9.60. The summed E-state index contributed by atoms with van der Waals surface area (Å²) in [6, 6.07) is 7.57. The maximum absolute atomic E-state index is 11.4. The highest BCUT2D eigenvalue weighted by Crippen LogP contribution is 2.31. The van der Waals surface area contributed by atoms with Crippen LogP contribution in [-0.2, 0) is 4.79 Å². The van der Waals surface area contributed by atoms with Crippen molar-refractivity contribution in [3.05, 3.63) is 34.3 Å². The van der Waals surface area contributed by atoms with Gasteiger partial charge in [-0.05, 0) is 29.4 Å². The fourth-order valence-electron chi connectivity index (χ4n) is 1.33. The highest BCUT2D eigenvalue weighted by molar-refractivity contribution is 9.10. The molecule has 0 fully saturated rings. The second-order valence-electron chi connectivity index (χ2n) is 3.96. The SMILES string of the molecule is C[C@H](CO)CS[C@H](C(N)=O)c1cccc(Br)c1. The van der Waals surface area contributed by atoms with Crippen LogP contribution in [0.5, 0.6) is 0 Å². The fraction of sp³-hybridized carbons (Fsp3) is 0.417. The number of carbonyl (C=O) groups is 1. The Bertz CT molecular complexity index is 387. The lowest BCUT2D eigenvalue weighted by atomic mass is 10.1. The largest absolute Gasteiger partial charge is 0.396 e. The normalized spacial score (nSPS) is 14.3. The van der Waals surface area contributed by atoms with E-state index >= 15 is 0 Å². The van der Waals surface area contributed by atoms with Crippen molar-refractivity contribution in [1.29, 1.82) is 0 Å². The molecule has 0 bridgehead atoms. The van der Waals surface area contributed by atoms with Gasteiger partial charge < -0.3 is 10.8 Å². The predicted octanol–water partition coefficient (Wildman–Crippen LogP) is 2.34. The van der Waals surface area contributed by atoms with Crippen LogP contribution in [0.3, 0.4) is 0 Å². The van der Waals surface area contributed by atoms with Gasteiger partial charge in [-0.25, -0.2) is 0 Å². The lowest BCUT2D eigenvalue weighted by Gasteiger charge is -2.15. The number of nitrogens with two attached hydrogens (primary N) is 1. The Balaban J connectivity index is 2.76. The third-order valence-corrected chi connectivity index (χ3v) is 4.36. The monoisotopic (exact) mass is 317 g/mol. The molecule has 1 rings (SSSR count). The number of amides is 1. The van der Waals surface area contributed by atoms with Crippen LogP contribution in [0.4, 0.5) is 0 Å². The van der Waals surface area contributed by atoms with Crippen molar-refractivity contribution >= 4 is 33.6 Å². The van der Waals surface area contributed by atoms with E-state index < -0.39 is 0 Å². The molecule has 0 saturated carbocycles. The van der Waals surface area contributed by atoms with Crippen LogP contribution in [-0.4, -0.2) is 23.4 Å². The van der Waals surface area contributed by atoms with E-state index in [4.69, 9.17) is 10.8 Å². The number of aliphatic hydroxyl groups excluding tert-OH is 1. The first-order valence-corrected chi connectivity index (χ1v) is 7.16. The number of benzene rings is 1. The van der Waals surface area contributed by atoms with Crippen molar-refractivity contribution in [2.24, 2.45) is 11.7 Å². The summed E-state index contributed by atoms with van der Waals surface area (Å²) in [6.45, 7) is 2.06. The second kappa shape index (κ2) is 7.03. The van der Waals surface area contributed by atoms with Crippen LogP contribution in [0, 0.1) is 5.92 Å². The molecule has 1 aromatic rings. The molecule has 1 amide bonds. The van der Waals surface area contributed by atoms with Crippen LogP contribution in [0.1, 0.15) is 17.7 Å². The topological polar surface area (TPSA) is 63.3 Å². The van der Waals surface area contributed by atoms with Crippen molar-refractivity contribution in [3.8, 4) is 0 Å². The minimum atomic E-state index is -0.360. The van der Waals surface area contributed by atoms with Gasteiger partial charge in [0.2, 0.25) is 5.91 Å². The molecule has 0 saturated heterocycles. The number of rotatable bonds is 6. The number of halogens is 1. The summed E-state index contributed by atoms with van der Waals surface area (Å²) in [6.07, 6.45) is 0. The molecule has 5 heteroatoms. The minimum Gasteiger partial charge on any atom is -0.396 e. The van der Waals surface area contributed by atoms with Crippen LogP contribution < -0.4 is 5.73 Å². The lowest BCUT2D eigenvalue weighted by Crippen LogP contribution is -2.20. The number of primary amides is 1. The van der Waals surface area contributed by atoms with Gasteiger partial charge in [0.1, 0.15) is 5.25 Å². The summed E-state index contributed by atoms with van der Waals surface area (Å²) in [4.78, 5) is 11.4. The molecule has 0 aliphatic heterocycles. The zero-order chi connectivity index (χ0) is 12.8. The minimum absolute atomic E-state index is 0.122. The molecule has 94 valence electrons. The Labute approximate surface area is 114 Å². The summed E-state index contributed by atoms with van der Waals surface area (Å²) in [7, 11) is 0. The van der Waals surface area contributed by atoms with E-state index in [1.54, 1.807) is 0 Å². The number of hydrogen-bond acceptors (Lipinski definition) is 3. The summed E-state index contributed by atoms with van der Waals surface area (Å²) >= 11 is 4.84. The highest BCUT2D eigenvalue weighted by Gasteiger charge is 2.19. The first kappa shape index (κ1) is 14.5.